The van der Waals surface area contributed by atoms with Crippen molar-refractivity contribution in [3.05, 3.63) is 41.5 Å². The van der Waals surface area contributed by atoms with Crippen LogP contribution in [0.5, 0.6) is 11.5 Å². The Morgan fingerprint density at radius 2 is 1.93 bits per heavy atom. The summed E-state index contributed by atoms with van der Waals surface area (Å²) in [6, 6.07) is 8.42. The Balaban J connectivity index is 2.41. The summed E-state index contributed by atoms with van der Waals surface area (Å²) in [5.74, 6) is -0.260. The molecule has 152 valence electrons. The number of nitrogens with one attached hydrogen (secondary N) is 1. The number of carbonyl (C=O) groups excluding carboxylic acids is 1. The first-order chi connectivity index (χ1) is 13.4. The number of aromatic hydroxyl groups is 2. The largest absolute Gasteiger partial charge is 0.508 e. The molecule has 2 aromatic rings. The van der Waals surface area contributed by atoms with Crippen LogP contribution in [0.15, 0.2) is 30.3 Å². The van der Waals surface area contributed by atoms with Gasteiger partial charge in [-0.2, -0.15) is 0 Å². The van der Waals surface area contributed by atoms with E-state index in [0.29, 0.717) is 35.2 Å². The third-order valence-corrected chi connectivity index (χ3v) is 4.35. The number of rotatable bonds is 9. The fraction of sp³-hybridized carbons (Fsp3) is 0.381. The van der Waals surface area contributed by atoms with E-state index < -0.39 is 6.10 Å². The molecule has 0 aliphatic carbocycles. The first-order valence-corrected chi connectivity index (χ1v) is 9.18. The summed E-state index contributed by atoms with van der Waals surface area (Å²) in [5, 5.41) is 41.8. The molecule has 28 heavy (non-hydrogen) atoms. The maximum Gasteiger partial charge on any atom is 0.221 e. The summed E-state index contributed by atoms with van der Waals surface area (Å²) in [5.41, 5.74) is 3.29. The Hall–Kier alpha value is -2.61. The lowest BCUT2D eigenvalue weighted by molar-refractivity contribution is -0.114. The maximum atomic E-state index is 11.3. The van der Waals surface area contributed by atoms with Gasteiger partial charge in [-0.05, 0) is 41.7 Å². The van der Waals surface area contributed by atoms with Gasteiger partial charge in [0, 0.05) is 24.2 Å². The molecule has 0 radical (unpaired) electrons. The lowest BCUT2D eigenvalue weighted by Gasteiger charge is -2.19. The third kappa shape index (κ3) is 5.45. The van der Waals surface area contributed by atoms with Gasteiger partial charge in [0.15, 0.2) is 0 Å². The normalized spacial score (nSPS) is 12.0. The van der Waals surface area contributed by atoms with Gasteiger partial charge in [0.2, 0.25) is 5.91 Å². The smallest absolute Gasteiger partial charge is 0.221 e. The van der Waals surface area contributed by atoms with Crippen molar-refractivity contribution in [3.63, 3.8) is 0 Å². The second-order valence-electron chi connectivity index (χ2n) is 6.52. The van der Waals surface area contributed by atoms with Crippen LogP contribution in [-0.4, -0.2) is 52.3 Å². The lowest BCUT2D eigenvalue weighted by Crippen LogP contribution is -2.20. The zero-order valence-corrected chi connectivity index (χ0v) is 16.1. The number of ether oxygens (including phenoxy) is 1. The zero-order valence-electron chi connectivity index (χ0n) is 16.1. The predicted molar refractivity (Wildman–Crippen MR) is 107 cm³/mol. The van der Waals surface area contributed by atoms with E-state index in [0.717, 1.165) is 5.56 Å². The average molecular weight is 389 g/mol. The Morgan fingerprint density at radius 1 is 1.18 bits per heavy atom. The molecule has 0 saturated carbocycles. The Morgan fingerprint density at radius 3 is 2.57 bits per heavy atom. The molecular formula is C21H27NO6. The molecule has 1 amide bonds. The highest BCUT2D eigenvalue weighted by Crippen LogP contribution is 2.40. The van der Waals surface area contributed by atoms with Crippen LogP contribution >= 0.6 is 0 Å². The molecule has 2 rings (SSSR count). The van der Waals surface area contributed by atoms with Crippen LogP contribution in [0.2, 0.25) is 0 Å². The van der Waals surface area contributed by atoms with Crippen molar-refractivity contribution in [1.29, 1.82) is 0 Å². The van der Waals surface area contributed by atoms with Crippen LogP contribution in [0.4, 0.5) is 5.69 Å². The number of benzene rings is 2. The Bertz CT molecular complexity index is 821. The van der Waals surface area contributed by atoms with Gasteiger partial charge in [0.05, 0.1) is 19.8 Å². The van der Waals surface area contributed by atoms with E-state index in [-0.39, 0.29) is 37.2 Å². The van der Waals surface area contributed by atoms with Crippen LogP contribution in [0, 0.1) is 0 Å². The summed E-state index contributed by atoms with van der Waals surface area (Å²) < 4.78 is 5.41. The quantitative estimate of drug-likeness (QED) is 0.420. The number of aliphatic hydroxyl groups excluding tert-OH is 2. The van der Waals surface area contributed by atoms with Gasteiger partial charge >= 0.3 is 0 Å². The van der Waals surface area contributed by atoms with Crippen molar-refractivity contribution in [1.82, 2.24) is 0 Å². The third-order valence-electron chi connectivity index (χ3n) is 4.35. The minimum atomic E-state index is -0.947. The number of hydrogen-bond donors (Lipinski definition) is 5. The van der Waals surface area contributed by atoms with Crippen molar-refractivity contribution in [3.8, 4) is 22.6 Å². The molecule has 1 atom stereocenters. The van der Waals surface area contributed by atoms with Crippen LogP contribution in [-0.2, 0) is 22.4 Å². The zero-order chi connectivity index (χ0) is 20.7. The second kappa shape index (κ2) is 10.1. The van der Waals surface area contributed by atoms with E-state index in [9.17, 15) is 20.1 Å². The van der Waals surface area contributed by atoms with Crippen molar-refractivity contribution < 1.29 is 30.0 Å². The molecule has 0 saturated heterocycles. The summed E-state index contributed by atoms with van der Waals surface area (Å²) in [6.07, 6.45) is -0.000687. The van der Waals surface area contributed by atoms with Crippen molar-refractivity contribution in [2.24, 2.45) is 0 Å². The minimum Gasteiger partial charge on any atom is -0.508 e. The number of amides is 1. The van der Waals surface area contributed by atoms with Gasteiger partial charge in [-0.15, -0.1) is 0 Å². The number of hydrogen-bond acceptors (Lipinski definition) is 6. The van der Waals surface area contributed by atoms with Crippen molar-refractivity contribution in [2.45, 2.75) is 32.8 Å². The summed E-state index contributed by atoms with van der Waals surface area (Å²) in [4.78, 5) is 11.3. The van der Waals surface area contributed by atoms with E-state index in [1.54, 1.807) is 18.2 Å². The molecule has 0 aliphatic heterocycles. The molecule has 2 aromatic carbocycles. The number of phenols is 2. The first-order valence-electron chi connectivity index (χ1n) is 9.18. The molecule has 7 nitrogen and oxygen atoms in total. The van der Waals surface area contributed by atoms with Crippen LogP contribution in [0.25, 0.3) is 11.1 Å². The van der Waals surface area contributed by atoms with E-state index >= 15 is 0 Å². The van der Waals surface area contributed by atoms with Crippen LogP contribution < -0.4 is 5.32 Å². The fourth-order valence-electron chi connectivity index (χ4n) is 3.14. The summed E-state index contributed by atoms with van der Waals surface area (Å²) >= 11 is 0. The predicted octanol–water partition coefficient (Wildman–Crippen LogP) is 2.20. The second-order valence-corrected chi connectivity index (χ2v) is 6.52. The molecule has 0 heterocycles. The Kier molecular flexibility index (Phi) is 7.80. The van der Waals surface area contributed by atoms with Crippen molar-refractivity contribution in [2.75, 3.05) is 25.1 Å². The standard InChI is InChI=1S/C21H27NO6/c1-3-17-18(7-8-28-12-16(25)11-23)21(20(27)10-19(17)26)14-5-4-6-15(9-14)22-13(2)24/h4-6,9-10,16,23,25-27H,3,7-8,11-12H2,1-2H3,(H,22,24). The summed E-state index contributed by atoms with van der Waals surface area (Å²) in [7, 11) is 0. The van der Waals surface area contributed by atoms with Gasteiger partial charge in [-0.25, -0.2) is 0 Å². The fourth-order valence-corrected chi connectivity index (χ4v) is 3.14. The van der Waals surface area contributed by atoms with Gasteiger partial charge < -0.3 is 30.5 Å². The average Bonchev–Trinajstić information content (AvgIpc) is 2.64. The van der Waals surface area contributed by atoms with Gasteiger partial charge in [-0.3, -0.25) is 4.79 Å². The molecule has 7 heteroatoms. The first kappa shape index (κ1) is 21.7. The molecule has 1 unspecified atom stereocenters. The maximum absolute atomic E-state index is 11.3. The van der Waals surface area contributed by atoms with E-state index in [1.807, 2.05) is 13.0 Å². The van der Waals surface area contributed by atoms with Gasteiger partial charge in [0.1, 0.15) is 17.6 Å². The number of carbonyl (C=O) groups is 1. The highest BCUT2D eigenvalue weighted by molar-refractivity contribution is 5.90. The molecular weight excluding hydrogens is 362 g/mol. The van der Waals surface area contributed by atoms with E-state index in [1.165, 1.54) is 13.0 Å². The molecule has 0 aromatic heterocycles. The highest BCUT2D eigenvalue weighted by Gasteiger charge is 2.18. The molecule has 0 fully saturated rings. The van der Waals surface area contributed by atoms with E-state index in [2.05, 4.69) is 5.32 Å². The molecule has 0 spiro atoms. The van der Waals surface area contributed by atoms with Gasteiger partial charge in [-0.1, -0.05) is 19.1 Å². The van der Waals surface area contributed by atoms with Crippen LogP contribution in [0.1, 0.15) is 25.0 Å². The molecule has 0 bridgehead atoms. The summed E-state index contributed by atoms with van der Waals surface area (Å²) in [6.45, 7) is 3.18. The SMILES string of the molecule is CCc1c(O)cc(O)c(-c2cccc(NC(C)=O)c2)c1CCOCC(O)CO. The lowest BCUT2D eigenvalue weighted by atomic mass is 9.90. The molecule has 0 aliphatic rings. The highest BCUT2D eigenvalue weighted by atomic mass is 16.5. The number of phenolic OH excluding ortho intramolecular Hbond substituents is 2. The topological polar surface area (TPSA) is 119 Å². The number of anilines is 1. The monoisotopic (exact) mass is 389 g/mol. The van der Waals surface area contributed by atoms with Crippen molar-refractivity contribution >= 4 is 11.6 Å². The van der Waals surface area contributed by atoms with Gasteiger partial charge in [0.25, 0.3) is 0 Å². The van der Waals surface area contributed by atoms with Crippen LogP contribution in [0.3, 0.4) is 0 Å². The molecule has 5 N–H and O–H groups in total. The Labute approximate surface area is 164 Å². The minimum absolute atomic E-state index is 0.00386. The number of aliphatic hydroxyl groups is 2. The van der Waals surface area contributed by atoms with E-state index in [4.69, 9.17) is 9.84 Å².